The van der Waals surface area contributed by atoms with E-state index in [0.717, 1.165) is 11.3 Å². The second kappa shape index (κ2) is 8.23. The van der Waals surface area contributed by atoms with E-state index in [-0.39, 0.29) is 6.10 Å². The molecule has 11 nitrogen and oxygen atoms in total. The van der Waals surface area contributed by atoms with E-state index in [1.807, 2.05) is 20.0 Å². The number of rotatable bonds is 1. The Balaban J connectivity index is 1.59. The van der Waals surface area contributed by atoms with Gasteiger partial charge in [-0.3, -0.25) is 4.68 Å². The lowest BCUT2D eigenvalue weighted by atomic mass is 10.1. The summed E-state index contributed by atoms with van der Waals surface area (Å²) in [6.07, 6.45) is 5.53. The number of nitrogens with one attached hydrogen (secondary N) is 1. The molecule has 11 heteroatoms. The molecule has 5 heterocycles. The summed E-state index contributed by atoms with van der Waals surface area (Å²) in [7, 11) is 3.59. The Morgan fingerprint density at radius 1 is 1.12 bits per heavy atom. The smallest absolute Gasteiger partial charge is 0.222 e. The average Bonchev–Trinajstić information content (AvgIpc) is 3.36. The number of ether oxygens (including phenoxy) is 2. The van der Waals surface area contributed by atoms with Crippen LogP contribution in [-0.4, -0.2) is 47.2 Å². The number of fused-ring (bicyclic) bond motifs is 6. The van der Waals surface area contributed by atoms with E-state index in [1.165, 1.54) is 0 Å². The molecular weight excluding hydrogens is 422 g/mol. The molecule has 5 rings (SSSR count). The molecule has 4 bridgehead atoms. The van der Waals surface area contributed by atoms with E-state index in [1.54, 1.807) is 47.1 Å². The van der Waals surface area contributed by atoms with Gasteiger partial charge in [-0.25, -0.2) is 19.6 Å². The third kappa shape index (κ3) is 3.94. The minimum Gasteiger partial charge on any atom is -0.490 e. The summed E-state index contributed by atoms with van der Waals surface area (Å²) in [5.74, 6) is 2.83. The predicted octanol–water partition coefficient (Wildman–Crippen LogP) is 2.84. The zero-order chi connectivity index (χ0) is 22.9. The first-order chi connectivity index (χ1) is 16.0. The summed E-state index contributed by atoms with van der Waals surface area (Å²) in [5, 5.41) is 21.0. The number of hydrogen-bond donors (Lipinski definition) is 1. The highest BCUT2D eigenvalue weighted by Crippen LogP contribution is 2.34. The monoisotopic (exact) mass is 443 g/mol. The van der Waals surface area contributed by atoms with Crippen LogP contribution < -0.4 is 14.8 Å². The highest BCUT2D eigenvalue weighted by atomic mass is 16.5. The van der Waals surface area contributed by atoms with Crippen molar-refractivity contribution in [2.45, 2.75) is 19.4 Å². The van der Waals surface area contributed by atoms with Crippen LogP contribution in [0.3, 0.4) is 0 Å². The topological polar surface area (TPSA) is 129 Å². The third-order valence-electron chi connectivity index (χ3n) is 5.26. The molecule has 0 amide bonds. The van der Waals surface area contributed by atoms with Crippen molar-refractivity contribution in [3.05, 3.63) is 42.5 Å². The van der Waals surface area contributed by atoms with Crippen molar-refractivity contribution in [1.82, 2.24) is 34.5 Å². The van der Waals surface area contributed by atoms with Gasteiger partial charge in [0.15, 0.2) is 11.5 Å². The molecule has 166 valence electrons. The largest absolute Gasteiger partial charge is 0.490 e. The number of pyridine rings is 1. The minimum atomic E-state index is -0.156. The summed E-state index contributed by atoms with van der Waals surface area (Å²) in [6.45, 7) is 2.40. The second-order valence-corrected chi connectivity index (χ2v) is 7.66. The van der Waals surface area contributed by atoms with Crippen LogP contribution in [0.4, 0.5) is 11.6 Å². The van der Waals surface area contributed by atoms with Crippen molar-refractivity contribution >= 4 is 11.6 Å². The van der Waals surface area contributed by atoms with Gasteiger partial charge in [-0.05, 0) is 13.0 Å². The third-order valence-corrected chi connectivity index (χ3v) is 5.26. The molecule has 0 radical (unpaired) electrons. The van der Waals surface area contributed by atoms with Crippen LogP contribution in [0.5, 0.6) is 11.6 Å². The van der Waals surface area contributed by atoms with Crippen molar-refractivity contribution < 1.29 is 9.47 Å². The molecule has 4 aromatic rings. The Kier molecular flexibility index (Phi) is 5.10. The number of nitriles is 1. The maximum absolute atomic E-state index is 9.23. The molecule has 0 spiro atoms. The summed E-state index contributed by atoms with van der Waals surface area (Å²) >= 11 is 0. The molecule has 1 N–H and O–H groups in total. The fraction of sp³-hybridized carbons (Fsp3) is 0.273. The number of nitrogens with zero attached hydrogens (tertiary/aromatic N) is 8. The Morgan fingerprint density at radius 3 is 2.82 bits per heavy atom. The predicted molar refractivity (Wildman–Crippen MR) is 119 cm³/mol. The first-order valence-corrected chi connectivity index (χ1v) is 10.4. The Hall–Kier alpha value is -4.46. The summed E-state index contributed by atoms with van der Waals surface area (Å²) in [6, 6.07) is 7.35. The fourth-order valence-electron chi connectivity index (χ4n) is 3.61. The minimum absolute atomic E-state index is 0.156. The first-order valence-electron chi connectivity index (χ1n) is 10.4. The lowest BCUT2D eigenvalue weighted by Gasteiger charge is -2.19. The molecule has 1 aliphatic rings. The van der Waals surface area contributed by atoms with Gasteiger partial charge in [-0.2, -0.15) is 15.5 Å². The molecule has 1 atom stereocenters. The zero-order valence-corrected chi connectivity index (χ0v) is 18.3. The molecular formula is C22H21N9O2. The van der Waals surface area contributed by atoms with Crippen LogP contribution in [0.15, 0.2) is 36.8 Å². The Bertz CT molecular complexity index is 1370. The van der Waals surface area contributed by atoms with Crippen molar-refractivity contribution in [2.75, 3.05) is 11.9 Å². The maximum Gasteiger partial charge on any atom is 0.222 e. The second-order valence-electron chi connectivity index (χ2n) is 7.66. The normalized spacial score (nSPS) is 15.3. The highest BCUT2D eigenvalue weighted by Gasteiger charge is 2.20. The van der Waals surface area contributed by atoms with Gasteiger partial charge < -0.3 is 14.8 Å². The summed E-state index contributed by atoms with van der Waals surface area (Å²) in [4.78, 5) is 13.5. The van der Waals surface area contributed by atoms with E-state index < -0.39 is 0 Å². The van der Waals surface area contributed by atoms with E-state index in [0.29, 0.717) is 53.4 Å². The summed E-state index contributed by atoms with van der Waals surface area (Å²) < 4.78 is 15.6. The van der Waals surface area contributed by atoms with E-state index in [2.05, 4.69) is 36.5 Å². The zero-order valence-electron chi connectivity index (χ0n) is 18.3. The van der Waals surface area contributed by atoms with Crippen molar-refractivity contribution in [1.29, 1.82) is 5.26 Å². The number of aryl methyl sites for hydroxylation is 2. The molecule has 0 aliphatic carbocycles. The van der Waals surface area contributed by atoms with Crippen LogP contribution in [0.25, 0.3) is 22.6 Å². The van der Waals surface area contributed by atoms with Crippen molar-refractivity contribution in [2.24, 2.45) is 14.1 Å². The highest BCUT2D eigenvalue weighted by molar-refractivity contribution is 5.71. The van der Waals surface area contributed by atoms with E-state index in [9.17, 15) is 5.26 Å². The van der Waals surface area contributed by atoms with Gasteiger partial charge in [0, 0.05) is 45.0 Å². The van der Waals surface area contributed by atoms with Gasteiger partial charge in [0.05, 0.1) is 30.2 Å². The lowest BCUT2D eigenvalue weighted by molar-refractivity contribution is 0.173. The van der Waals surface area contributed by atoms with Crippen LogP contribution >= 0.6 is 0 Å². The first kappa shape index (κ1) is 20.4. The van der Waals surface area contributed by atoms with Crippen molar-refractivity contribution in [3.63, 3.8) is 0 Å². The molecule has 0 saturated heterocycles. The molecule has 0 aromatic carbocycles. The van der Waals surface area contributed by atoms with Gasteiger partial charge in [-0.15, -0.1) is 0 Å². The molecule has 1 aliphatic heterocycles. The van der Waals surface area contributed by atoms with Crippen LogP contribution in [0, 0.1) is 11.3 Å². The maximum atomic E-state index is 9.23. The molecule has 33 heavy (non-hydrogen) atoms. The van der Waals surface area contributed by atoms with E-state index in [4.69, 9.17) is 9.47 Å². The quantitative estimate of drug-likeness (QED) is 0.472. The lowest BCUT2D eigenvalue weighted by Crippen LogP contribution is -2.17. The Labute approximate surface area is 189 Å². The van der Waals surface area contributed by atoms with Crippen LogP contribution in [0.2, 0.25) is 0 Å². The van der Waals surface area contributed by atoms with Gasteiger partial charge in [0.2, 0.25) is 5.88 Å². The number of anilines is 2. The molecule has 0 unspecified atom stereocenters. The van der Waals surface area contributed by atoms with Gasteiger partial charge in [0.25, 0.3) is 0 Å². The summed E-state index contributed by atoms with van der Waals surface area (Å²) in [5.41, 5.74) is 2.49. The number of hydrogen-bond acceptors (Lipinski definition) is 9. The molecule has 4 aromatic heterocycles. The van der Waals surface area contributed by atoms with E-state index >= 15 is 0 Å². The van der Waals surface area contributed by atoms with Crippen LogP contribution in [-0.2, 0) is 14.1 Å². The van der Waals surface area contributed by atoms with Gasteiger partial charge in [0.1, 0.15) is 29.0 Å². The Morgan fingerprint density at radius 2 is 2.00 bits per heavy atom. The SMILES string of the molecule is C[C@H]1CCOc2c(cnn2C)-c2nccc(n2)Nc2cc(c(-c3cc(C#N)nn3C)cn2)O1. The standard InChI is InChI=1S/C22H21N9O2/c1-13-5-7-32-22-16(12-26-31(22)3)21-24-6-4-19(28-21)27-20-9-18(33-13)15(11-25-20)17-8-14(10-23)29-30(17)2/h4,6,8-9,11-13H,5,7H2,1-3H3,(H,24,25,27,28)/t13-/m0/s1. The average molecular weight is 443 g/mol. The van der Waals surface area contributed by atoms with Crippen molar-refractivity contribution in [3.8, 4) is 40.3 Å². The fourth-order valence-corrected chi connectivity index (χ4v) is 3.61. The molecule has 0 saturated carbocycles. The van der Waals surface area contributed by atoms with Gasteiger partial charge in [-0.1, -0.05) is 0 Å². The molecule has 0 fully saturated rings. The number of aromatic nitrogens is 7. The van der Waals surface area contributed by atoms with Gasteiger partial charge >= 0.3 is 0 Å². The van der Waals surface area contributed by atoms with Crippen LogP contribution in [0.1, 0.15) is 19.0 Å².